The molecule has 0 aliphatic rings. The lowest BCUT2D eigenvalue weighted by Crippen LogP contribution is -2.25. The van der Waals surface area contributed by atoms with Gasteiger partial charge in [-0.1, -0.05) is 5.16 Å². The van der Waals surface area contributed by atoms with Crippen LogP contribution in [0.5, 0.6) is 0 Å². The van der Waals surface area contributed by atoms with Gasteiger partial charge in [0.1, 0.15) is 5.82 Å². The summed E-state index contributed by atoms with van der Waals surface area (Å²) in [4.78, 5) is 6.29. The van der Waals surface area contributed by atoms with Crippen LogP contribution in [0, 0.1) is 0 Å². The summed E-state index contributed by atoms with van der Waals surface area (Å²) in [5.41, 5.74) is 6.02. The van der Waals surface area contributed by atoms with Crippen LogP contribution in [0.4, 0.5) is 5.82 Å². The maximum Gasteiger partial charge on any atom is 0.171 e. The van der Waals surface area contributed by atoms with Crippen molar-refractivity contribution in [1.82, 2.24) is 4.98 Å². The lowest BCUT2D eigenvalue weighted by molar-refractivity contribution is 0.289. The average molecular weight is 238 g/mol. The van der Waals surface area contributed by atoms with Crippen molar-refractivity contribution < 1.29 is 10.3 Å². The molecule has 0 bridgehead atoms. The Morgan fingerprint density at radius 2 is 2.29 bits per heavy atom. The molecule has 17 heavy (non-hydrogen) atoms. The Morgan fingerprint density at radius 1 is 1.53 bits per heavy atom. The number of nitrogens with zero attached hydrogens (tertiary/aromatic N) is 3. The van der Waals surface area contributed by atoms with E-state index < -0.39 is 0 Å². The molecule has 1 heterocycles. The second kappa shape index (κ2) is 6.70. The smallest absolute Gasteiger partial charge is 0.171 e. The van der Waals surface area contributed by atoms with Crippen molar-refractivity contribution in [3.63, 3.8) is 0 Å². The molecule has 4 N–H and O–H groups in total. The van der Waals surface area contributed by atoms with E-state index in [1.54, 1.807) is 12.3 Å². The molecule has 0 fully saturated rings. The number of hydrogen-bond acceptors (Lipinski definition) is 5. The summed E-state index contributed by atoms with van der Waals surface area (Å²) in [5, 5.41) is 20.2. The van der Waals surface area contributed by atoms with Gasteiger partial charge >= 0.3 is 0 Å². The zero-order valence-electron chi connectivity index (χ0n) is 9.87. The number of nitrogens with two attached hydrogens (primary N) is 1. The Kier molecular flexibility index (Phi) is 5.22. The third kappa shape index (κ3) is 3.60. The number of rotatable bonds is 6. The van der Waals surface area contributed by atoms with Crippen LogP contribution < -0.4 is 10.6 Å². The molecular formula is C11H18N4O2. The van der Waals surface area contributed by atoms with Crippen molar-refractivity contribution in [2.45, 2.75) is 13.3 Å². The molecule has 6 nitrogen and oxygen atoms in total. The third-order valence-corrected chi connectivity index (χ3v) is 2.44. The van der Waals surface area contributed by atoms with Crippen LogP contribution >= 0.6 is 0 Å². The summed E-state index contributed by atoms with van der Waals surface area (Å²) >= 11 is 0. The summed E-state index contributed by atoms with van der Waals surface area (Å²) in [6.45, 7) is 3.76. The Balaban J connectivity index is 2.77. The molecule has 6 heteroatoms. The van der Waals surface area contributed by atoms with Gasteiger partial charge in [0.15, 0.2) is 5.84 Å². The number of amidine groups is 1. The van der Waals surface area contributed by atoms with Gasteiger partial charge in [0, 0.05) is 31.5 Å². The van der Waals surface area contributed by atoms with Crippen LogP contribution in [0.2, 0.25) is 0 Å². The first-order chi connectivity index (χ1) is 8.22. The van der Waals surface area contributed by atoms with Crippen LogP contribution in [0.1, 0.15) is 18.9 Å². The highest BCUT2D eigenvalue weighted by molar-refractivity contribution is 5.96. The maximum absolute atomic E-state index is 8.80. The Morgan fingerprint density at radius 3 is 2.76 bits per heavy atom. The van der Waals surface area contributed by atoms with Crippen molar-refractivity contribution in [3.8, 4) is 0 Å². The number of aliphatic hydroxyl groups is 1. The van der Waals surface area contributed by atoms with E-state index in [2.05, 4.69) is 10.1 Å². The van der Waals surface area contributed by atoms with Crippen molar-refractivity contribution in [2.75, 3.05) is 24.6 Å². The third-order valence-electron chi connectivity index (χ3n) is 2.44. The van der Waals surface area contributed by atoms with Crippen molar-refractivity contribution in [2.24, 2.45) is 10.9 Å². The minimum atomic E-state index is 0.0439. The summed E-state index contributed by atoms with van der Waals surface area (Å²) < 4.78 is 0. The van der Waals surface area contributed by atoms with Crippen molar-refractivity contribution in [1.29, 1.82) is 0 Å². The van der Waals surface area contributed by atoms with Crippen molar-refractivity contribution >= 4 is 11.7 Å². The maximum atomic E-state index is 8.80. The van der Waals surface area contributed by atoms with E-state index in [9.17, 15) is 0 Å². The fraction of sp³-hybridized carbons (Fsp3) is 0.455. The molecule has 0 aliphatic carbocycles. The Hall–Kier alpha value is -1.82. The molecule has 1 aromatic heterocycles. The van der Waals surface area contributed by atoms with Gasteiger partial charge in [0.25, 0.3) is 0 Å². The number of aliphatic hydroxyl groups excluding tert-OH is 1. The van der Waals surface area contributed by atoms with Gasteiger partial charge in [-0.25, -0.2) is 4.98 Å². The highest BCUT2D eigenvalue weighted by Crippen LogP contribution is 2.11. The van der Waals surface area contributed by atoms with E-state index in [0.717, 1.165) is 18.9 Å². The molecular weight excluding hydrogens is 220 g/mol. The highest BCUT2D eigenvalue weighted by atomic mass is 16.4. The normalized spacial score (nSPS) is 11.5. The Bertz CT molecular complexity index is 364. The molecule has 0 amide bonds. The average Bonchev–Trinajstić information content (AvgIpc) is 2.39. The largest absolute Gasteiger partial charge is 0.409 e. The zero-order valence-corrected chi connectivity index (χ0v) is 9.87. The quantitative estimate of drug-likeness (QED) is 0.288. The van der Waals surface area contributed by atoms with Crippen LogP contribution in [0.3, 0.4) is 0 Å². The minimum absolute atomic E-state index is 0.0439. The van der Waals surface area contributed by atoms with E-state index in [-0.39, 0.29) is 12.4 Å². The molecule has 0 saturated heterocycles. The van der Waals surface area contributed by atoms with Gasteiger partial charge in [-0.15, -0.1) is 0 Å². The summed E-state index contributed by atoms with van der Waals surface area (Å²) in [6.07, 6.45) is 2.27. The van der Waals surface area contributed by atoms with E-state index in [1.807, 2.05) is 17.9 Å². The van der Waals surface area contributed by atoms with Crippen LogP contribution in [0.15, 0.2) is 23.5 Å². The van der Waals surface area contributed by atoms with E-state index in [0.29, 0.717) is 12.0 Å². The first kappa shape index (κ1) is 13.2. The van der Waals surface area contributed by atoms with E-state index in [4.69, 9.17) is 16.0 Å². The molecule has 0 saturated carbocycles. The molecule has 0 unspecified atom stereocenters. The summed E-state index contributed by atoms with van der Waals surface area (Å²) in [5.74, 6) is 0.859. The second-order valence-corrected chi connectivity index (χ2v) is 3.55. The molecule has 0 aliphatic heterocycles. The van der Waals surface area contributed by atoms with Gasteiger partial charge in [0.05, 0.1) is 0 Å². The zero-order chi connectivity index (χ0) is 12.7. The fourth-order valence-electron chi connectivity index (χ4n) is 1.48. The summed E-state index contributed by atoms with van der Waals surface area (Å²) in [6, 6.07) is 3.56. The summed E-state index contributed by atoms with van der Waals surface area (Å²) in [7, 11) is 0. The van der Waals surface area contributed by atoms with Crippen LogP contribution in [0.25, 0.3) is 0 Å². The second-order valence-electron chi connectivity index (χ2n) is 3.55. The monoisotopic (exact) mass is 238 g/mol. The molecule has 0 atom stereocenters. The lowest BCUT2D eigenvalue weighted by atomic mass is 10.2. The Labute approximate surface area is 100 Å². The molecule has 0 spiro atoms. The van der Waals surface area contributed by atoms with Crippen LogP contribution in [-0.4, -0.2) is 40.8 Å². The van der Waals surface area contributed by atoms with Gasteiger partial charge in [-0.3, -0.25) is 0 Å². The SMILES string of the molecule is CCN(CCCO)c1ccc(/C(N)=N/O)cn1. The van der Waals surface area contributed by atoms with Gasteiger partial charge in [-0.2, -0.15) is 0 Å². The minimum Gasteiger partial charge on any atom is -0.409 e. The number of pyridine rings is 1. The first-order valence-electron chi connectivity index (χ1n) is 5.52. The molecule has 1 aromatic rings. The van der Waals surface area contributed by atoms with Gasteiger partial charge < -0.3 is 20.9 Å². The van der Waals surface area contributed by atoms with E-state index in [1.165, 1.54) is 0 Å². The van der Waals surface area contributed by atoms with Gasteiger partial charge in [-0.05, 0) is 25.5 Å². The molecule has 0 radical (unpaired) electrons. The lowest BCUT2D eigenvalue weighted by Gasteiger charge is -2.21. The van der Waals surface area contributed by atoms with E-state index >= 15 is 0 Å². The van der Waals surface area contributed by atoms with Crippen molar-refractivity contribution in [3.05, 3.63) is 23.9 Å². The van der Waals surface area contributed by atoms with Gasteiger partial charge in [0.2, 0.25) is 0 Å². The standard InChI is InChI=1S/C11H18N4O2/c1-2-15(6-3-7-16)10-5-4-9(8-13-10)11(12)14-17/h4-5,8,16-17H,2-3,6-7H2,1H3,(H2,12,14). The number of hydrogen-bond donors (Lipinski definition) is 3. The predicted molar refractivity (Wildman–Crippen MR) is 66.3 cm³/mol. The number of anilines is 1. The predicted octanol–water partition coefficient (Wildman–Crippen LogP) is 0.385. The molecule has 1 rings (SSSR count). The molecule has 94 valence electrons. The highest BCUT2D eigenvalue weighted by Gasteiger charge is 2.06. The number of oxime groups is 1. The fourth-order valence-corrected chi connectivity index (χ4v) is 1.48. The number of aromatic nitrogens is 1. The van der Waals surface area contributed by atoms with Crippen LogP contribution in [-0.2, 0) is 0 Å². The topological polar surface area (TPSA) is 95.0 Å². The molecule has 0 aromatic carbocycles. The first-order valence-corrected chi connectivity index (χ1v) is 5.52.